The quantitative estimate of drug-likeness (QED) is 0.347. The number of rotatable bonds is 5. The van der Waals surface area contributed by atoms with Crippen molar-refractivity contribution in [3.63, 3.8) is 0 Å². The van der Waals surface area contributed by atoms with Crippen LogP contribution >= 0.6 is 11.3 Å². The van der Waals surface area contributed by atoms with Crippen LogP contribution in [0.5, 0.6) is 0 Å². The molecule has 0 bridgehead atoms. The molecule has 0 spiro atoms. The van der Waals surface area contributed by atoms with E-state index >= 15 is 0 Å². The fraction of sp³-hybridized carbons (Fsp3) is 0.214. The number of nitrogens with zero attached hydrogens (tertiary/aromatic N) is 3. The highest BCUT2D eigenvalue weighted by atomic mass is 32.1. The summed E-state index contributed by atoms with van der Waals surface area (Å²) in [6, 6.07) is 17.9. The van der Waals surface area contributed by atoms with Gasteiger partial charge in [-0.2, -0.15) is 0 Å². The van der Waals surface area contributed by atoms with E-state index < -0.39 is 23.7 Å². The van der Waals surface area contributed by atoms with Crippen LogP contribution in [0.15, 0.2) is 66.7 Å². The van der Waals surface area contributed by atoms with Crippen LogP contribution < -0.4 is 4.90 Å². The smallest absolute Gasteiger partial charge is 0.257 e. The molecule has 0 N–H and O–H groups in total. The molecule has 1 aliphatic heterocycles. The number of anilines is 1. The average molecular weight is 500 g/mol. The van der Waals surface area contributed by atoms with Crippen LogP contribution in [0.2, 0.25) is 0 Å². The number of aryl methyl sites for hydroxylation is 1. The Hall–Kier alpha value is -3.91. The summed E-state index contributed by atoms with van der Waals surface area (Å²) in [6.45, 7) is 2.04. The second-order valence-corrected chi connectivity index (χ2v) is 10.3. The Morgan fingerprint density at radius 3 is 2.53 bits per heavy atom. The SMILES string of the molecule is Cc1ccc2nc(-c3ccc(N4C(=O)CC(N(C(=O)c5ccccc5F)C5CC5)C4=O)cc3)sc2c1. The topological polar surface area (TPSA) is 70.6 Å². The van der Waals surface area contributed by atoms with Crippen molar-refractivity contribution in [3.05, 3.63) is 83.7 Å². The molecule has 180 valence electrons. The molecule has 2 heterocycles. The maximum absolute atomic E-state index is 14.3. The largest absolute Gasteiger partial charge is 0.323 e. The zero-order chi connectivity index (χ0) is 25.0. The van der Waals surface area contributed by atoms with Gasteiger partial charge < -0.3 is 4.90 Å². The fourth-order valence-electron chi connectivity index (χ4n) is 4.70. The molecule has 1 aliphatic carbocycles. The van der Waals surface area contributed by atoms with Gasteiger partial charge in [0.25, 0.3) is 11.8 Å². The Balaban J connectivity index is 1.27. The summed E-state index contributed by atoms with van der Waals surface area (Å²) in [4.78, 5) is 46.8. The Morgan fingerprint density at radius 1 is 1.06 bits per heavy atom. The normalized spacial score (nSPS) is 17.7. The Labute approximate surface area is 211 Å². The number of aromatic nitrogens is 1. The van der Waals surface area contributed by atoms with Gasteiger partial charge in [0.2, 0.25) is 5.91 Å². The highest BCUT2D eigenvalue weighted by Gasteiger charge is 2.49. The molecule has 0 radical (unpaired) electrons. The van der Waals surface area contributed by atoms with Gasteiger partial charge in [0.05, 0.1) is 27.9 Å². The first-order valence-electron chi connectivity index (χ1n) is 11.8. The van der Waals surface area contributed by atoms with E-state index in [2.05, 4.69) is 6.07 Å². The fourth-order valence-corrected chi connectivity index (χ4v) is 5.77. The number of hydrogen-bond acceptors (Lipinski definition) is 5. The van der Waals surface area contributed by atoms with E-state index in [1.165, 1.54) is 28.7 Å². The van der Waals surface area contributed by atoms with Gasteiger partial charge in [0.15, 0.2) is 0 Å². The van der Waals surface area contributed by atoms with Crippen molar-refractivity contribution in [2.75, 3.05) is 4.90 Å². The molecule has 1 atom stereocenters. The van der Waals surface area contributed by atoms with Crippen molar-refractivity contribution < 1.29 is 18.8 Å². The summed E-state index contributed by atoms with van der Waals surface area (Å²) < 4.78 is 15.4. The molecule has 3 amide bonds. The predicted octanol–water partition coefficient (Wildman–Crippen LogP) is 5.35. The van der Waals surface area contributed by atoms with Gasteiger partial charge in [0, 0.05) is 11.6 Å². The molecule has 8 heteroatoms. The molecule has 6 rings (SSSR count). The standard InChI is InChI=1S/C28H22FN3O3S/c1-16-6-13-22-24(14-16)36-26(30-22)17-7-9-19(10-8-17)32-25(33)15-23(28(32)35)31(18-11-12-18)27(34)20-4-2-3-5-21(20)29/h2-10,13-14,18,23H,11-12,15H2,1H3. The third-order valence-corrected chi connectivity index (χ3v) is 7.72. The van der Waals surface area contributed by atoms with Crippen molar-refractivity contribution >= 4 is 45.0 Å². The van der Waals surface area contributed by atoms with E-state index in [9.17, 15) is 18.8 Å². The molecule has 2 aliphatic rings. The molecule has 36 heavy (non-hydrogen) atoms. The van der Waals surface area contributed by atoms with Gasteiger partial charge in [-0.05, 0) is 73.9 Å². The van der Waals surface area contributed by atoms with Crippen molar-refractivity contribution in [1.82, 2.24) is 9.88 Å². The Kier molecular flexibility index (Phi) is 5.41. The minimum absolute atomic E-state index is 0.0847. The second kappa shape index (κ2) is 8.64. The molecule has 6 nitrogen and oxygen atoms in total. The zero-order valence-electron chi connectivity index (χ0n) is 19.5. The number of hydrogen-bond donors (Lipinski definition) is 0. The minimum Gasteiger partial charge on any atom is -0.323 e. The van der Waals surface area contributed by atoms with Crippen molar-refractivity contribution in [2.24, 2.45) is 0 Å². The Bertz CT molecular complexity index is 1530. The molecule has 1 unspecified atom stereocenters. The molecular weight excluding hydrogens is 477 g/mol. The molecule has 1 saturated heterocycles. The first-order chi connectivity index (χ1) is 17.4. The van der Waals surface area contributed by atoms with Crippen LogP contribution in [0.4, 0.5) is 10.1 Å². The third kappa shape index (κ3) is 3.87. The molecule has 1 aromatic heterocycles. The van der Waals surface area contributed by atoms with Gasteiger partial charge in [-0.3, -0.25) is 14.4 Å². The highest BCUT2D eigenvalue weighted by molar-refractivity contribution is 7.21. The van der Waals surface area contributed by atoms with E-state index in [1.54, 1.807) is 29.5 Å². The van der Waals surface area contributed by atoms with Crippen molar-refractivity contribution in [2.45, 2.75) is 38.3 Å². The maximum atomic E-state index is 14.3. The van der Waals surface area contributed by atoms with E-state index in [-0.39, 0.29) is 23.9 Å². The first kappa shape index (κ1) is 22.5. The number of amides is 3. The summed E-state index contributed by atoms with van der Waals surface area (Å²) in [7, 11) is 0. The maximum Gasteiger partial charge on any atom is 0.257 e. The van der Waals surface area contributed by atoms with E-state index in [0.717, 1.165) is 38.5 Å². The highest BCUT2D eigenvalue weighted by Crippen LogP contribution is 2.36. The molecule has 4 aromatic rings. The monoisotopic (exact) mass is 499 g/mol. The first-order valence-corrected chi connectivity index (χ1v) is 12.6. The number of fused-ring (bicyclic) bond motifs is 1. The lowest BCUT2D eigenvalue weighted by molar-refractivity contribution is -0.122. The third-order valence-electron chi connectivity index (χ3n) is 6.65. The number of carbonyl (C=O) groups excluding carboxylic acids is 3. The van der Waals surface area contributed by atoms with Gasteiger partial charge in [-0.1, -0.05) is 18.2 Å². The summed E-state index contributed by atoms with van der Waals surface area (Å²) in [5.74, 6) is -2.02. The van der Waals surface area contributed by atoms with Gasteiger partial charge in [-0.15, -0.1) is 11.3 Å². The Morgan fingerprint density at radius 2 is 1.81 bits per heavy atom. The summed E-state index contributed by atoms with van der Waals surface area (Å²) in [6.07, 6.45) is 1.34. The number of thiazole rings is 1. The lowest BCUT2D eigenvalue weighted by Crippen LogP contribution is -2.47. The van der Waals surface area contributed by atoms with E-state index in [0.29, 0.717) is 5.69 Å². The van der Waals surface area contributed by atoms with E-state index in [4.69, 9.17) is 4.98 Å². The van der Waals surface area contributed by atoms with Gasteiger partial charge in [-0.25, -0.2) is 14.3 Å². The number of halogens is 1. The summed E-state index contributed by atoms with van der Waals surface area (Å²) >= 11 is 1.59. The zero-order valence-corrected chi connectivity index (χ0v) is 20.3. The molecule has 3 aromatic carbocycles. The molecule has 1 saturated carbocycles. The van der Waals surface area contributed by atoms with Crippen LogP contribution in [0, 0.1) is 12.7 Å². The lowest BCUT2D eigenvalue weighted by Gasteiger charge is -2.28. The van der Waals surface area contributed by atoms with Crippen LogP contribution in [0.25, 0.3) is 20.8 Å². The number of imide groups is 1. The van der Waals surface area contributed by atoms with Gasteiger partial charge in [0.1, 0.15) is 16.9 Å². The van der Waals surface area contributed by atoms with Crippen LogP contribution in [0.3, 0.4) is 0 Å². The minimum atomic E-state index is -0.940. The number of benzene rings is 3. The second-order valence-electron chi connectivity index (χ2n) is 9.25. The van der Waals surface area contributed by atoms with Crippen molar-refractivity contribution in [1.29, 1.82) is 0 Å². The summed E-state index contributed by atoms with van der Waals surface area (Å²) in [5, 5.41) is 0.856. The van der Waals surface area contributed by atoms with Crippen molar-refractivity contribution in [3.8, 4) is 10.6 Å². The average Bonchev–Trinajstić information content (AvgIpc) is 3.54. The summed E-state index contributed by atoms with van der Waals surface area (Å²) in [5.41, 5.74) is 3.35. The van der Waals surface area contributed by atoms with Crippen LogP contribution in [0.1, 0.15) is 35.2 Å². The van der Waals surface area contributed by atoms with Crippen LogP contribution in [-0.4, -0.2) is 39.7 Å². The van der Waals surface area contributed by atoms with Crippen LogP contribution in [-0.2, 0) is 9.59 Å². The molecular formula is C28H22FN3O3S. The lowest BCUT2D eigenvalue weighted by atomic mass is 10.1. The number of carbonyl (C=O) groups is 3. The predicted molar refractivity (Wildman–Crippen MR) is 136 cm³/mol. The molecule has 2 fully saturated rings. The van der Waals surface area contributed by atoms with Gasteiger partial charge >= 0.3 is 0 Å². The van der Waals surface area contributed by atoms with E-state index in [1.807, 2.05) is 31.2 Å².